The lowest BCUT2D eigenvalue weighted by molar-refractivity contribution is -0.331. The molecule has 0 fully saturated rings. The Morgan fingerprint density at radius 2 is 1.41 bits per heavy atom. The molecule has 1 aromatic heterocycles. The molecular formula is C24H16F6N2O5. The van der Waals surface area contributed by atoms with Crippen molar-refractivity contribution in [2.24, 2.45) is 0 Å². The number of ether oxygens (including phenoxy) is 3. The van der Waals surface area contributed by atoms with Crippen molar-refractivity contribution in [1.29, 1.82) is 0 Å². The molecule has 2 heterocycles. The van der Waals surface area contributed by atoms with Crippen molar-refractivity contribution >= 4 is 11.9 Å². The Bertz CT molecular complexity index is 1280. The lowest BCUT2D eigenvalue weighted by Crippen LogP contribution is -2.55. The maximum absolute atomic E-state index is 12.9. The molecule has 0 spiro atoms. The van der Waals surface area contributed by atoms with E-state index in [2.05, 4.69) is 19.8 Å². The van der Waals surface area contributed by atoms with Crippen LogP contribution in [0.5, 0.6) is 5.88 Å². The van der Waals surface area contributed by atoms with Gasteiger partial charge in [0.05, 0.1) is 5.69 Å². The Morgan fingerprint density at radius 1 is 0.811 bits per heavy atom. The molecule has 0 unspecified atom stereocenters. The molecule has 1 aliphatic rings. The maximum Gasteiger partial charge on any atom is 0.491 e. The van der Waals surface area contributed by atoms with Gasteiger partial charge in [0.25, 0.3) is 0 Å². The summed E-state index contributed by atoms with van der Waals surface area (Å²) in [6, 6.07) is 19.3. The van der Waals surface area contributed by atoms with Gasteiger partial charge >= 0.3 is 30.3 Å². The molecule has 3 aromatic rings. The fourth-order valence-corrected chi connectivity index (χ4v) is 3.41. The number of hydrogen-bond acceptors (Lipinski definition) is 7. The van der Waals surface area contributed by atoms with Gasteiger partial charge in [-0.25, -0.2) is 14.6 Å². The number of esters is 2. The van der Waals surface area contributed by atoms with E-state index in [0.29, 0.717) is 5.56 Å². The summed E-state index contributed by atoms with van der Waals surface area (Å²) in [5, 5.41) is 2.44. The first kappa shape index (κ1) is 25.9. The van der Waals surface area contributed by atoms with E-state index >= 15 is 0 Å². The van der Waals surface area contributed by atoms with Gasteiger partial charge in [-0.05, 0) is 23.3 Å². The highest BCUT2D eigenvalue weighted by Crippen LogP contribution is 2.33. The van der Waals surface area contributed by atoms with Crippen LogP contribution in [0.4, 0.5) is 26.3 Å². The highest BCUT2D eigenvalue weighted by atomic mass is 19.4. The number of pyridine rings is 1. The van der Waals surface area contributed by atoms with Gasteiger partial charge in [0.2, 0.25) is 5.88 Å². The summed E-state index contributed by atoms with van der Waals surface area (Å²) in [7, 11) is 0. The van der Waals surface area contributed by atoms with E-state index in [1.165, 1.54) is 6.07 Å². The van der Waals surface area contributed by atoms with Gasteiger partial charge in [0, 0.05) is 17.7 Å². The molecule has 37 heavy (non-hydrogen) atoms. The van der Waals surface area contributed by atoms with Crippen LogP contribution in [0.2, 0.25) is 0 Å². The second-order valence-electron chi connectivity index (χ2n) is 7.77. The van der Waals surface area contributed by atoms with E-state index in [9.17, 15) is 35.9 Å². The highest BCUT2D eigenvalue weighted by Gasteiger charge is 2.55. The quantitative estimate of drug-likeness (QED) is 0.298. The molecule has 194 valence electrons. The zero-order chi connectivity index (χ0) is 26.8. The number of nitrogens with one attached hydrogen (secondary N) is 1. The number of nitrogens with zero attached hydrogens (tertiary/aromatic N) is 1. The molecule has 0 radical (unpaired) electrons. The lowest BCUT2D eigenvalue weighted by atomic mass is 10.0. The number of alkyl halides is 6. The number of carbonyl (C=O) groups is 2. The van der Waals surface area contributed by atoms with Crippen molar-refractivity contribution in [3.05, 3.63) is 72.3 Å². The van der Waals surface area contributed by atoms with Crippen molar-refractivity contribution in [3.63, 3.8) is 0 Å². The molecule has 2 aromatic carbocycles. The third-order valence-corrected chi connectivity index (χ3v) is 5.07. The van der Waals surface area contributed by atoms with Gasteiger partial charge < -0.3 is 19.5 Å². The van der Waals surface area contributed by atoms with E-state index in [-0.39, 0.29) is 17.8 Å². The summed E-state index contributed by atoms with van der Waals surface area (Å²) in [5.74, 6) is -9.81. The first-order chi connectivity index (χ1) is 17.4. The molecule has 4 rings (SSSR count). The monoisotopic (exact) mass is 526 g/mol. The van der Waals surface area contributed by atoms with Crippen LogP contribution in [-0.2, 0) is 25.6 Å². The minimum atomic E-state index is -5.62. The second kappa shape index (κ2) is 9.73. The highest BCUT2D eigenvalue weighted by molar-refractivity contribution is 5.78. The lowest BCUT2D eigenvalue weighted by Gasteiger charge is -2.31. The predicted molar refractivity (Wildman–Crippen MR) is 114 cm³/mol. The Hall–Kier alpha value is -4.13. The number of benzene rings is 2. The molecular weight excluding hydrogens is 510 g/mol. The number of carbonyl (C=O) groups excluding carboxylic acids is 2. The molecule has 0 saturated heterocycles. The second-order valence-corrected chi connectivity index (χ2v) is 7.77. The normalized spacial score (nSPS) is 15.1. The Labute approximate surface area is 205 Å². The third kappa shape index (κ3) is 6.00. The van der Waals surface area contributed by atoms with E-state index in [4.69, 9.17) is 4.74 Å². The Kier molecular flexibility index (Phi) is 6.82. The van der Waals surface area contributed by atoms with Crippen molar-refractivity contribution < 1.29 is 50.1 Å². The van der Waals surface area contributed by atoms with E-state index in [0.717, 1.165) is 11.1 Å². The topological polar surface area (TPSA) is 86.8 Å². The zero-order valence-corrected chi connectivity index (χ0v) is 18.5. The number of halogens is 6. The van der Waals surface area contributed by atoms with E-state index in [1.807, 2.05) is 36.4 Å². The molecule has 0 amide bonds. The number of fused-ring (bicyclic) bond motifs is 1. The minimum Gasteiger partial charge on any atom is -0.401 e. The summed E-state index contributed by atoms with van der Waals surface area (Å²) >= 11 is 0. The molecule has 0 saturated carbocycles. The van der Waals surface area contributed by atoms with Gasteiger partial charge in [0.1, 0.15) is 6.54 Å². The molecule has 1 aliphatic heterocycles. The average Bonchev–Trinajstić information content (AvgIpc) is 3.02. The smallest absolute Gasteiger partial charge is 0.401 e. The largest absolute Gasteiger partial charge is 0.491 e. The van der Waals surface area contributed by atoms with Crippen LogP contribution in [0, 0.1) is 0 Å². The van der Waals surface area contributed by atoms with Gasteiger partial charge in [-0.1, -0.05) is 54.6 Å². The van der Waals surface area contributed by atoms with Crippen LogP contribution < -0.4 is 10.1 Å². The van der Waals surface area contributed by atoms with Crippen LogP contribution in [0.1, 0.15) is 5.56 Å². The third-order valence-electron chi connectivity index (χ3n) is 5.07. The Morgan fingerprint density at radius 3 is 2.03 bits per heavy atom. The molecule has 7 nitrogen and oxygen atoms in total. The zero-order valence-electron chi connectivity index (χ0n) is 18.5. The van der Waals surface area contributed by atoms with Crippen LogP contribution in [0.15, 0.2) is 66.7 Å². The molecule has 1 N–H and O–H groups in total. The van der Waals surface area contributed by atoms with Crippen LogP contribution in [0.25, 0.3) is 22.4 Å². The van der Waals surface area contributed by atoms with Crippen LogP contribution in [-0.4, -0.2) is 41.8 Å². The maximum atomic E-state index is 12.9. The first-order valence-electron chi connectivity index (χ1n) is 10.5. The molecule has 0 atom stereocenters. The SMILES string of the molecule is O=C(OC1(OC(=O)C(F)(F)F)CNCc2ccc(-c3cccc(-c4ccccc4)c3)nc2O1)C(F)(F)F. The van der Waals surface area contributed by atoms with Gasteiger partial charge in [-0.2, -0.15) is 26.3 Å². The standard InChI is InChI=1S/C24H16F6N2O5/c25-23(26,27)20(33)36-22(37-21(34)24(28,29)30)13-31-12-17-9-10-18(32-19(17)35-22)16-8-4-7-15(11-16)14-5-2-1-3-6-14/h1-11,31H,12-13H2. The van der Waals surface area contributed by atoms with Crippen LogP contribution >= 0.6 is 0 Å². The fraction of sp³-hybridized carbons (Fsp3) is 0.208. The van der Waals surface area contributed by atoms with Gasteiger partial charge in [0.15, 0.2) is 0 Å². The van der Waals surface area contributed by atoms with Crippen LogP contribution in [0.3, 0.4) is 0 Å². The number of rotatable bonds is 4. The summed E-state index contributed by atoms with van der Waals surface area (Å²) in [4.78, 5) is 27.2. The number of aromatic nitrogens is 1. The molecule has 0 bridgehead atoms. The average molecular weight is 526 g/mol. The summed E-state index contributed by atoms with van der Waals surface area (Å²) in [6.07, 6.45) is -11.2. The number of hydrogen-bond donors (Lipinski definition) is 1. The summed E-state index contributed by atoms with van der Waals surface area (Å²) in [5.41, 5.74) is 2.66. The summed E-state index contributed by atoms with van der Waals surface area (Å²) in [6.45, 7) is -1.21. The first-order valence-corrected chi connectivity index (χ1v) is 10.5. The fourth-order valence-electron chi connectivity index (χ4n) is 3.41. The minimum absolute atomic E-state index is 0.165. The van der Waals surface area contributed by atoms with Crippen molar-refractivity contribution in [2.45, 2.75) is 24.9 Å². The van der Waals surface area contributed by atoms with Gasteiger partial charge in [-0.3, -0.25) is 0 Å². The Balaban J connectivity index is 1.72. The van der Waals surface area contributed by atoms with E-state index in [1.54, 1.807) is 24.3 Å². The predicted octanol–water partition coefficient (Wildman–Crippen LogP) is 4.76. The van der Waals surface area contributed by atoms with Crippen molar-refractivity contribution in [2.75, 3.05) is 6.54 Å². The molecule has 0 aliphatic carbocycles. The van der Waals surface area contributed by atoms with Crippen molar-refractivity contribution in [3.8, 4) is 28.3 Å². The summed E-state index contributed by atoms with van der Waals surface area (Å²) < 4.78 is 90.7. The van der Waals surface area contributed by atoms with Gasteiger partial charge in [-0.15, -0.1) is 0 Å². The van der Waals surface area contributed by atoms with Crippen molar-refractivity contribution in [1.82, 2.24) is 10.3 Å². The van der Waals surface area contributed by atoms with E-state index < -0.39 is 42.7 Å². The molecule has 13 heteroatoms.